The van der Waals surface area contributed by atoms with Gasteiger partial charge in [-0.2, -0.15) is 10.4 Å². The van der Waals surface area contributed by atoms with Crippen LogP contribution in [0.1, 0.15) is 23.7 Å². The highest BCUT2D eigenvalue weighted by molar-refractivity contribution is 5.57. The second-order valence-corrected chi connectivity index (χ2v) is 4.97. The summed E-state index contributed by atoms with van der Waals surface area (Å²) >= 11 is 0. The van der Waals surface area contributed by atoms with Crippen molar-refractivity contribution in [2.45, 2.75) is 19.8 Å². The zero-order chi connectivity index (χ0) is 14.7. The minimum atomic E-state index is 0.659. The SMILES string of the molecule is CCOCCc1nn(-c2ccc(C#N)cc2)c2c1CCN2. The Morgan fingerprint density at radius 1 is 1.38 bits per heavy atom. The molecule has 21 heavy (non-hydrogen) atoms. The lowest BCUT2D eigenvalue weighted by molar-refractivity contribution is 0.150. The Balaban J connectivity index is 1.91. The fourth-order valence-corrected chi connectivity index (χ4v) is 2.62. The van der Waals surface area contributed by atoms with E-state index in [0.29, 0.717) is 12.2 Å². The molecule has 0 spiro atoms. The molecule has 0 bridgehead atoms. The van der Waals surface area contributed by atoms with E-state index in [2.05, 4.69) is 11.4 Å². The van der Waals surface area contributed by atoms with Gasteiger partial charge in [0.1, 0.15) is 5.82 Å². The van der Waals surface area contributed by atoms with E-state index in [9.17, 15) is 0 Å². The second kappa shape index (κ2) is 5.98. The zero-order valence-electron chi connectivity index (χ0n) is 12.1. The molecule has 2 heterocycles. The number of benzene rings is 1. The average Bonchev–Trinajstić information content (AvgIpc) is 3.11. The highest BCUT2D eigenvalue weighted by Gasteiger charge is 2.22. The van der Waals surface area contributed by atoms with Crippen molar-refractivity contribution in [2.75, 3.05) is 25.1 Å². The van der Waals surface area contributed by atoms with Gasteiger partial charge < -0.3 is 10.1 Å². The molecule has 0 saturated carbocycles. The molecule has 1 N–H and O–H groups in total. The number of ether oxygens (including phenoxy) is 1. The van der Waals surface area contributed by atoms with E-state index in [0.717, 1.165) is 43.2 Å². The van der Waals surface area contributed by atoms with E-state index in [1.165, 1.54) is 5.56 Å². The van der Waals surface area contributed by atoms with Crippen molar-refractivity contribution in [3.63, 3.8) is 0 Å². The van der Waals surface area contributed by atoms with Crippen LogP contribution in [0.4, 0.5) is 5.82 Å². The van der Waals surface area contributed by atoms with E-state index in [4.69, 9.17) is 15.1 Å². The van der Waals surface area contributed by atoms with E-state index < -0.39 is 0 Å². The van der Waals surface area contributed by atoms with E-state index in [-0.39, 0.29) is 0 Å². The molecule has 0 aliphatic carbocycles. The highest BCUT2D eigenvalue weighted by Crippen LogP contribution is 2.29. The molecule has 0 unspecified atom stereocenters. The van der Waals surface area contributed by atoms with Gasteiger partial charge in [0.15, 0.2) is 0 Å². The van der Waals surface area contributed by atoms with Crippen LogP contribution >= 0.6 is 0 Å². The summed E-state index contributed by atoms with van der Waals surface area (Å²) in [4.78, 5) is 0. The standard InChI is InChI=1S/C16H18N4O/c1-2-21-10-8-15-14-7-9-18-16(14)20(19-15)13-5-3-12(11-17)4-6-13/h3-6,18H,2,7-10H2,1H3. The molecule has 1 aromatic heterocycles. The number of nitriles is 1. The Morgan fingerprint density at radius 3 is 2.90 bits per heavy atom. The molecule has 0 fully saturated rings. The van der Waals surface area contributed by atoms with Gasteiger partial charge in [-0.15, -0.1) is 0 Å². The molecule has 2 aromatic rings. The normalized spacial score (nSPS) is 12.8. The number of fused-ring (bicyclic) bond motifs is 1. The summed E-state index contributed by atoms with van der Waals surface area (Å²) in [6, 6.07) is 9.63. The number of hydrogen-bond acceptors (Lipinski definition) is 4. The van der Waals surface area contributed by atoms with Crippen LogP contribution in [0.3, 0.4) is 0 Å². The van der Waals surface area contributed by atoms with Crippen LogP contribution < -0.4 is 5.32 Å². The van der Waals surface area contributed by atoms with Crippen LogP contribution in [0, 0.1) is 11.3 Å². The smallest absolute Gasteiger partial charge is 0.133 e. The van der Waals surface area contributed by atoms with Gasteiger partial charge in [-0.3, -0.25) is 0 Å². The predicted molar refractivity (Wildman–Crippen MR) is 80.7 cm³/mol. The van der Waals surface area contributed by atoms with Crippen LogP contribution in [-0.2, 0) is 17.6 Å². The molecule has 1 aromatic carbocycles. The molecule has 0 saturated heterocycles. The number of hydrogen-bond donors (Lipinski definition) is 1. The number of nitrogens with one attached hydrogen (secondary N) is 1. The Morgan fingerprint density at radius 2 is 2.19 bits per heavy atom. The maximum absolute atomic E-state index is 8.88. The fraction of sp³-hybridized carbons (Fsp3) is 0.375. The van der Waals surface area contributed by atoms with Gasteiger partial charge in [0.2, 0.25) is 0 Å². The quantitative estimate of drug-likeness (QED) is 0.855. The van der Waals surface area contributed by atoms with E-state index in [1.54, 1.807) is 0 Å². The molecule has 3 rings (SSSR count). The minimum absolute atomic E-state index is 0.659. The van der Waals surface area contributed by atoms with Crippen molar-refractivity contribution in [1.29, 1.82) is 5.26 Å². The zero-order valence-corrected chi connectivity index (χ0v) is 12.1. The number of anilines is 1. The lowest BCUT2D eigenvalue weighted by atomic mass is 10.1. The first-order valence-electron chi connectivity index (χ1n) is 7.26. The molecular formula is C16H18N4O. The van der Waals surface area contributed by atoms with Gasteiger partial charge in [0, 0.05) is 25.1 Å². The van der Waals surface area contributed by atoms with Crippen molar-refractivity contribution in [3.05, 3.63) is 41.1 Å². The maximum Gasteiger partial charge on any atom is 0.133 e. The van der Waals surface area contributed by atoms with Crippen LogP contribution in [0.15, 0.2) is 24.3 Å². The van der Waals surface area contributed by atoms with Crippen molar-refractivity contribution in [2.24, 2.45) is 0 Å². The summed E-state index contributed by atoms with van der Waals surface area (Å²) in [6.45, 7) is 4.39. The first kappa shape index (κ1) is 13.7. The van der Waals surface area contributed by atoms with Crippen molar-refractivity contribution >= 4 is 5.82 Å². The molecular weight excluding hydrogens is 264 g/mol. The lowest BCUT2D eigenvalue weighted by Gasteiger charge is -2.06. The molecule has 108 valence electrons. The highest BCUT2D eigenvalue weighted by atomic mass is 16.5. The molecule has 5 nitrogen and oxygen atoms in total. The number of aromatic nitrogens is 2. The third-order valence-corrected chi connectivity index (χ3v) is 3.66. The van der Waals surface area contributed by atoms with Gasteiger partial charge in [-0.05, 0) is 37.6 Å². The minimum Gasteiger partial charge on any atom is -0.381 e. The molecule has 1 aliphatic rings. The molecule has 5 heteroatoms. The predicted octanol–water partition coefficient (Wildman–Crippen LogP) is 2.29. The second-order valence-electron chi connectivity index (χ2n) is 4.97. The Bertz CT molecular complexity index is 667. The average molecular weight is 282 g/mol. The van der Waals surface area contributed by atoms with Crippen LogP contribution in [-0.4, -0.2) is 29.5 Å². The largest absolute Gasteiger partial charge is 0.381 e. The summed E-state index contributed by atoms with van der Waals surface area (Å²) in [5, 5.41) is 17.0. The summed E-state index contributed by atoms with van der Waals surface area (Å²) < 4.78 is 7.37. The first-order valence-corrected chi connectivity index (χ1v) is 7.26. The summed E-state index contributed by atoms with van der Waals surface area (Å²) in [5.41, 5.74) is 4.03. The summed E-state index contributed by atoms with van der Waals surface area (Å²) in [5.74, 6) is 1.08. The summed E-state index contributed by atoms with van der Waals surface area (Å²) in [6.07, 6.45) is 1.84. The van der Waals surface area contributed by atoms with Gasteiger partial charge in [0.05, 0.1) is 29.6 Å². The monoisotopic (exact) mass is 282 g/mol. The Hall–Kier alpha value is -2.32. The van der Waals surface area contributed by atoms with Crippen LogP contribution in [0.5, 0.6) is 0 Å². The molecule has 0 radical (unpaired) electrons. The van der Waals surface area contributed by atoms with Crippen molar-refractivity contribution < 1.29 is 4.74 Å². The molecule has 0 amide bonds. The van der Waals surface area contributed by atoms with Gasteiger partial charge in [0.25, 0.3) is 0 Å². The Labute approximate surface area is 124 Å². The topological polar surface area (TPSA) is 62.9 Å². The third-order valence-electron chi connectivity index (χ3n) is 3.66. The van der Waals surface area contributed by atoms with E-state index >= 15 is 0 Å². The number of rotatable bonds is 5. The van der Waals surface area contributed by atoms with Crippen molar-refractivity contribution in [3.8, 4) is 11.8 Å². The maximum atomic E-state index is 8.88. The Kier molecular flexibility index (Phi) is 3.89. The van der Waals surface area contributed by atoms with Gasteiger partial charge in [-0.25, -0.2) is 4.68 Å². The molecule has 1 aliphatic heterocycles. The van der Waals surface area contributed by atoms with Gasteiger partial charge in [-0.1, -0.05) is 0 Å². The fourth-order valence-electron chi connectivity index (χ4n) is 2.62. The van der Waals surface area contributed by atoms with Gasteiger partial charge >= 0.3 is 0 Å². The molecule has 0 atom stereocenters. The van der Waals surface area contributed by atoms with Crippen LogP contribution in [0.25, 0.3) is 5.69 Å². The van der Waals surface area contributed by atoms with Crippen LogP contribution in [0.2, 0.25) is 0 Å². The first-order chi connectivity index (χ1) is 10.3. The third kappa shape index (κ3) is 2.63. The number of nitrogens with zero attached hydrogens (tertiary/aromatic N) is 3. The van der Waals surface area contributed by atoms with Crippen molar-refractivity contribution in [1.82, 2.24) is 9.78 Å². The van der Waals surface area contributed by atoms with E-state index in [1.807, 2.05) is 35.9 Å². The summed E-state index contributed by atoms with van der Waals surface area (Å²) in [7, 11) is 0. The lowest BCUT2D eigenvalue weighted by Crippen LogP contribution is -2.06.